The molecule has 1 aliphatic heterocycles. The van der Waals surface area contributed by atoms with Crippen LogP contribution < -0.4 is 16.4 Å². The van der Waals surface area contributed by atoms with Crippen LogP contribution in [-0.4, -0.2) is 48.4 Å². The molecule has 0 saturated carbocycles. The highest BCUT2D eigenvalue weighted by molar-refractivity contribution is 7.18. The molecule has 0 aliphatic carbocycles. The summed E-state index contributed by atoms with van der Waals surface area (Å²) in [4.78, 5) is 31.7. The first-order valence-corrected chi connectivity index (χ1v) is 7.31. The fourth-order valence-corrected chi connectivity index (χ4v) is 3.07. The van der Waals surface area contributed by atoms with Gasteiger partial charge in [0.15, 0.2) is 5.13 Å². The maximum absolute atomic E-state index is 12.4. The normalized spacial score (nSPS) is 18.3. The molecule has 20 heavy (non-hydrogen) atoms. The van der Waals surface area contributed by atoms with Crippen LogP contribution in [-0.2, 0) is 4.79 Å². The second-order valence-electron chi connectivity index (χ2n) is 4.86. The van der Waals surface area contributed by atoms with Crippen LogP contribution in [0.15, 0.2) is 0 Å². The van der Waals surface area contributed by atoms with Crippen LogP contribution in [0.25, 0.3) is 0 Å². The molecule has 7 nitrogen and oxygen atoms in total. The number of nitrogen functional groups attached to an aromatic ring is 1. The number of nitrogens with two attached hydrogens (primary N) is 2. The first-order valence-electron chi connectivity index (χ1n) is 6.50. The number of anilines is 2. The molecule has 1 saturated heterocycles. The number of likely N-dealkylation sites (tertiary alicyclic amines) is 1. The Morgan fingerprint density at radius 1 is 1.55 bits per heavy atom. The van der Waals surface area contributed by atoms with Gasteiger partial charge in [-0.1, -0.05) is 11.3 Å². The molecular formula is C12H19N5O2S. The van der Waals surface area contributed by atoms with Gasteiger partial charge in [0.05, 0.1) is 5.92 Å². The Kier molecular flexibility index (Phi) is 4.12. The molecule has 2 rings (SSSR count). The Labute approximate surface area is 121 Å². The lowest BCUT2D eigenvalue weighted by molar-refractivity contribution is -0.121. The quantitative estimate of drug-likeness (QED) is 0.821. The summed E-state index contributed by atoms with van der Waals surface area (Å²) in [6, 6.07) is 0. The number of carbonyl (C=O) groups is 2. The second-order valence-corrected chi connectivity index (χ2v) is 5.84. The van der Waals surface area contributed by atoms with Crippen molar-refractivity contribution in [2.45, 2.75) is 13.3 Å². The van der Waals surface area contributed by atoms with Crippen molar-refractivity contribution in [2.24, 2.45) is 11.7 Å². The molecule has 2 amide bonds. The van der Waals surface area contributed by atoms with Crippen molar-refractivity contribution in [1.82, 2.24) is 9.88 Å². The van der Waals surface area contributed by atoms with Gasteiger partial charge < -0.3 is 21.3 Å². The molecule has 110 valence electrons. The van der Waals surface area contributed by atoms with Crippen molar-refractivity contribution in [1.29, 1.82) is 0 Å². The lowest BCUT2D eigenvalue weighted by Crippen LogP contribution is -2.31. The van der Waals surface area contributed by atoms with E-state index >= 15 is 0 Å². The minimum atomic E-state index is -0.357. The van der Waals surface area contributed by atoms with E-state index in [1.54, 1.807) is 4.90 Å². The van der Waals surface area contributed by atoms with E-state index in [9.17, 15) is 9.59 Å². The number of aromatic nitrogens is 1. The average Bonchev–Trinajstić information content (AvgIpc) is 3.03. The zero-order valence-electron chi connectivity index (χ0n) is 11.6. The van der Waals surface area contributed by atoms with Gasteiger partial charge >= 0.3 is 0 Å². The highest BCUT2D eigenvalue weighted by atomic mass is 32.1. The fourth-order valence-electron chi connectivity index (χ4n) is 2.09. The molecule has 0 spiro atoms. The van der Waals surface area contributed by atoms with E-state index in [2.05, 4.69) is 4.98 Å². The number of hydrogen-bond acceptors (Lipinski definition) is 6. The molecule has 1 unspecified atom stereocenters. The van der Waals surface area contributed by atoms with Gasteiger partial charge in [0.2, 0.25) is 5.91 Å². The molecule has 0 radical (unpaired) electrons. The van der Waals surface area contributed by atoms with Crippen LogP contribution in [0.4, 0.5) is 10.9 Å². The van der Waals surface area contributed by atoms with Gasteiger partial charge in [0.25, 0.3) is 5.91 Å². The van der Waals surface area contributed by atoms with Gasteiger partial charge in [-0.3, -0.25) is 9.59 Å². The summed E-state index contributed by atoms with van der Waals surface area (Å²) in [5.74, 6) is -0.535. The van der Waals surface area contributed by atoms with Crippen LogP contribution in [0, 0.1) is 5.92 Å². The maximum atomic E-state index is 12.4. The number of hydrogen-bond donors (Lipinski definition) is 2. The third kappa shape index (κ3) is 2.69. The zero-order chi connectivity index (χ0) is 14.9. The first kappa shape index (κ1) is 14.6. The summed E-state index contributed by atoms with van der Waals surface area (Å²) in [5, 5.41) is 0.721. The predicted molar refractivity (Wildman–Crippen MR) is 78.7 cm³/mol. The van der Waals surface area contributed by atoms with Gasteiger partial charge in [-0.25, -0.2) is 4.98 Å². The van der Waals surface area contributed by atoms with Gasteiger partial charge in [-0.05, 0) is 13.3 Å². The molecule has 8 heteroatoms. The van der Waals surface area contributed by atoms with Crippen LogP contribution in [0.1, 0.15) is 23.0 Å². The maximum Gasteiger partial charge on any atom is 0.267 e. The van der Waals surface area contributed by atoms with Crippen molar-refractivity contribution >= 4 is 34.1 Å². The molecule has 1 atom stereocenters. The third-order valence-corrected chi connectivity index (χ3v) is 4.69. The summed E-state index contributed by atoms with van der Waals surface area (Å²) < 4.78 is 0. The molecule has 2 heterocycles. The zero-order valence-corrected chi connectivity index (χ0v) is 12.4. The summed E-state index contributed by atoms with van der Waals surface area (Å²) >= 11 is 1.28. The smallest absolute Gasteiger partial charge is 0.267 e. The minimum Gasteiger partial charge on any atom is -0.382 e. The van der Waals surface area contributed by atoms with E-state index in [1.165, 1.54) is 11.3 Å². The average molecular weight is 297 g/mol. The van der Waals surface area contributed by atoms with E-state index in [4.69, 9.17) is 11.5 Å². The highest BCUT2D eigenvalue weighted by Crippen LogP contribution is 2.30. The SMILES string of the molecule is CCN(C)c1nc(N)c(C(=O)N2CCC(C(N)=O)C2)s1. The summed E-state index contributed by atoms with van der Waals surface area (Å²) in [7, 11) is 1.89. The Bertz CT molecular complexity index is 530. The van der Waals surface area contributed by atoms with Crippen molar-refractivity contribution in [3.63, 3.8) is 0 Å². The van der Waals surface area contributed by atoms with E-state index in [1.807, 2.05) is 18.9 Å². The Morgan fingerprint density at radius 3 is 2.80 bits per heavy atom. The Morgan fingerprint density at radius 2 is 2.25 bits per heavy atom. The van der Waals surface area contributed by atoms with Crippen molar-refractivity contribution in [2.75, 3.05) is 37.3 Å². The van der Waals surface area contributed by atoms with Crippen LogP contribution >= 0.6 is 11.3 Å². The van der Waals surface area contributed by atoms with Gasteiger partial charge in [-0.15, -0.1) is 0 Å². The molecule has 0 bridgehead atoms. The van der Waals surface area contributed by atoms with E-state index in [-0.39, 0.29) is 23.6 Å². The highest BCUT2D eigenvalue weighted by Gasteiger charge is 2.32. The van der Waals surface area contributed by atoms with Crippen LogP contribution in [0.2, 0.25) is 0 Å². The monoisotopic (exact) mass is 297 g/mol. The van der Waals surface area contributed by atoms with E-state index in [0.717, 1.165) is 11.7 Å². The van der Waals surface area contributed by atoms with Gasteiger partial charge in [-0.2, -0.15) is 0 Å². The summed E-state index contributed by atoms with van der Waals surface area (Å²) in [5.41, 5.74) is 11.1. The lowest BCUT2D eigenvalue weighted by atomic mass is 10.1. The number of primary amides is 1. The molecule has 0 aromatic carbocycles. The van der Waals surface area contributed by atoms with Gasteiger partial charge in [0, 0.05) is 26.7 Å². The van der Waals surface area contributed by atoms with E-state index < -0.39 is 0 Å². The largest absolute Gasteiger partial charge is 0.382 e. The number of carbonyl (C=O) groups excluding carboxylic acids is 2. The predicted octanol–water partition coefficient (Wildman–Crippen LogP) is 0.129. The van der Waals surface area contributed by atoms with Crippen molar-refractivity contribution in [3.05, 3.63) is 4.88 Å². The number of rotatable bonds is 4. The fraction of sp³-hybridized carbons (Fsp3) is 0.583. The molecule has 1 aliphatic rings. The number of nitrogens with zero attached hydrogens (tertiary/aromatic N) is 3. The standard InChI is InChI=1S/C12H19N5O2S/c1-3-16(2)12-15-9(13)8(20-12)11(19)17-5-4-7(6-17)10(14)18/h7H,3-6,13H2,1-2H3,(H2,14,18). The minimum absolute atomic E-state index is 0.167. The van der Waals surface area contributed by atoms with Gasteiger partial charge in [0.1, 0.15) is 10.7 Å². The molecule has 1 fully saturated rings. The molecule has 4 N–H and O–H groups in total. The summed E-state index contributed by atoms with van der Waals surface area (Å²) in [6.45, 7) is 3.68. The Balaban J connectivity index is 2.14. The second kappa shape index (κ2) is 5.66. The topological polar surface area (TPSA) is 106 Å². The molecule has 1 aromatic rings. The summed E-state index contributed by atoms with van der Waals surface area (Å²) in [6.07, 6.45) is 0.613. The molecular weight excluding hydrogens is 278 g/mol. The van der Waals surface area contributed by atoms with Crippen molar-refractivity contribution < 1.29 is 9.59 Å². The van der Waals surface area contributed by atoms with Crippen LogP contribution in [0.3, 0.4) is 0 Å². The number of thiazole rings is 1. The number of amides is 2. The Hall–Kier alpha value is -1.83. The third-order valence-electron chi connectivity index (χ3n) is 3.52. The van der Waals surface area contributed by atoms with Crippen LogP contribution in [0.5, 0.6) is 0 Å². The van der Waals surface area contributed by atoms with Crippen molar-refractivity contribution in [3.8, 4) is 0 Å². The molecule has 1 aromatic heterocycles. The lowest BCUT2D eigenvalue weighted by Gasteiger charge is -2.15. The first-order chi connectivity index (χ1) is 9.43. The van der Waals surface area contributed by atoms with E-state index in [0.29, 0.717) is 24.4 Å².